The zero-order chi connectivity index (χ0) is 14.4. The van der Waals surface area contributed by atoms with Crippen molar-refractivity contribution in [1.29, 1.82) is 5.26 Å². The van der Waals surface area contributed by atoms with E-state index in [2.05, 4.69) is 6.07 Å². The van der Waals surface area contributed by atoms with Gasteiger partial charge in [-0.1, -0.05) is 0 Å². The van der Waals surface area contributed by atoms with Gasteiger partial charge in [-0.25, -0.2) is 0 Å². The summed E-state index contributed by atoms with van der Waals surface area (Å²) in [6.45, 7) is 1.96. The molecule has 1 aliphatic rings. The summed E-state index contributed by atoms with van der Waals surface area (Å²) < 4.78 is 1.78. The van der Waals surface area contributed by atoms with Crippen molar-refractivity contribution in [1.82, 2.24) is 4.57 Å². The maximum absolute atomic E-state index is 12.2. The zero-order valence-electron chi connectivity index (χ0n) is 12.3. The summed E-state index contributed by atoms with van der Waals surface area (Å²) in [5.74, 6) is -1.47. The Morgan fingerprint density at radius 1 is 1.45 bits per heavy atom. The summed E-state index contributed by atoms with van der Waals surface area (Å²) in [6, 6.07) is 5.32. The van der Waals surface area contributed by atoms with Crippen LogP contribution in [-0.2, 0) is 6.42 Å². The average molecular weight is 308 g/mol. The van der Waals surface area contributed by atoms with E-state index in [4.69, 9.17) is 5.26 Å². The van der Waals surface area contributed by atoms with Crippen LogP contribution < -0.4 is 40.1 Å². The molecule has 0 fully saturated rings. The maximum Gasteiger partial charge on any atom is 1.00 e. The van der Waals surface area contributed by atoms with Crippen LogP contribution in [-0.4, -0.2) is 16.0 Å². The van der Waals surface area contributed by atoms with Crippen molar-refractivity contribution in [2.45, 2.75) is 25.8 Å². The fourth-order valence-electron chi connectivity index (χ4n) is 2.86. The quantitative estimate of drug-likeness (QED) is 0.519. The molecule has 0 amide bonds. The Labute approximate surface area is 148 Å². The van der Waals surface area contributed by atoms with Crippen LogP contribution in [0.5, 0.6) is 0 Å². The van der Waals surface area contributed by atoms with Crippen molar-refractivity contribution < 1.29 is 44.9 Å². The van der Waals surface area contributed by atoms with E-state index in [0.717, 1.165) is 12.0 Å². The van der Waals surface area contributed by atoms with Gasteiger partial charge in [-0.3, -0.25) is 4.79 Å². The van der Waals surface area contributed by atoms with Crippen molar-refractivity contribution in [3.8, 4) is 6.07 Å². The first-order chi connectivity index (χ1) is 9.54. The summed E-state index contributed by atoms with van der Waals surface area (Å²) in [6.07, 6.45) is 2.86. The van der Waals surface area contributed by atoms with Crippen LogP contribution in [0, 0.1) is 11.3 Å². The molecular weight excluding hydrogens is 295 g/mol. The Morgan fingerprint density at radius 2 is 2.14 bits per heavy atom. The minimum Gasteiger partial charge on any atom is -0.545 e. The zero-order valence-corrected chi connectivity index (χ0v) is 14.3. The minimum atomic E-state index is -1.47. The van der Waals surface area contributed by atoms with Gasteiger partial charge in [-0.15, -0.1) is 0 Å². The number of nitriles is 1. The number of nitrogens with zero attached hydrogens (tertiary/aromatic N) is 2. The van der Waals surface area contributed by atoms with Gasteiger partial charge in [0.2, 0.25) is 0 Å². The van der Waals surface area contributed by atoms with Gasteiger partial charge in [-0.2, -0.15) is 5.26 Å². The topological polar surface area (TPSA) is 117 Å². The first kappa shape index (κ1) is 18.4. The van der Waals surface area contributed by atoms with E-state index in [1.165, 1.54) is 12.3 Å². The average Bonchev–Trinajstić information content (AvgIpc) is 2.43. The number of aromatic nitrogens is 1. The van der Waals surface area contributed by atoms with Crippen LogP contribution in [0.4, 0.5) is 0 Å². The molecule has 2 N–H and O–H groups in total. The van der Waals surface area contributed by atoms with Crippen LogP contribution in [0.15, 0.2) is 23.1 Å². The number of carboxylic acid groups (broad SMARTS) is 1. The molecule has 6 nitrogen and oxygen atoms in total. The number of carbonyl (C=O) groups excluding carboxylic acids is 1. The standard InChI is InChI=1S/C15H12N2O3.Na.H2O/c1-8-2-4-10-9(6-16)3-5-11-13(10)17(8)7-12(14(11)18)15(19)20;;/h3,5,7-8H,2,4H2,1H3,(H,19,20);;1H2/q;+1;/p-1. The summed E-state index contributed by atoms with van der Waals surface area (Å²) in [5, 5.41) is 20.6. The van der Waals surface area contributed by atoms with E-state index < -0.39 is 11.4 Å². The Kier molecular flexibility index (Phi) is 5.54. The van der Waals surface area contributed by atoms with E-state index in [-0.39, 0.29) is 46.6 Å². The van der Waals surface area contributed by atoms with Crippen molar-refractivity contribution in [3.63, 3.8) is 0 Å². The maximum atomic E-state index is 12.2. The van der Waals surface area contributed by atoms with Gasteiger partial charge in [0.1, 0.15) is 0 Å². The van der Waals surface area contributed by atoms with Gasteiger partial charge in [0, 0.05) is 17.6 Å². The molecule has 1 aromatic heterocycles. The van der Waals surface area contributed by atoms with Crippen molar-refractivity contribution in [2.24, 2.45) is 0 Å². The van der Waals surface area contributed by atoms with Gasteiger partial charge < -0.3 is 19.9 Å². The second kappa shape index (κ2) is 6.63. The second-order valence-electron chi connectivity index (χ2n) is 5.05. The number of rotatable bonds is 1. The molecule has 3 rings (SSSR count). The molecule has 7 heteroatoms. The van der Waals surface area contributed by atoms with Gasteiger partial charge in [0.15, 0.2) is 5.43 Å². The SMILES string of the molecule is CC1CCc2c(C#N)ccc3c(=O)c(C(=O)[O-])cn1c23.O.[Na+]. The van der Waals surface area contributed by atoms with Crippen molar-refractivity contribution >= 4 is 16.9 Å². The Balaban J connectivity index is 0.00000121. The molecule has 1 unspecified atom stereocenters. The summed E-state index contributed by atoms with van der Waals surface area (Å²) in [4.78, 5) is 23.3. The fraction of sp³-hybridized carbons (Fsp3) is 0.267. The fourth-order valence-corrected chi connectivity index (χ4v) is 2.86. The number of hydrogen-bond acceptors (Lipinski definition) is 4. The molecule has 108 valence electrons. The number of pyridine rings is 1. The Morgan fingerprint density at radius 3 is 2.73 bits per heavy atom. The summed E-state index contributed by atoms with van der Waals surface area (Å²) in [5.41, 5.74) is 1.17. The van der Waals surface area contributed by atoms with Crippen LogP contribution >= 0.6 is 0 Å². The van der Waals surface area contributed by atoms with Gasteiger partial charge in [-0.05, 0) is 37.5 Å². The molecule has 2 aromatic rings. The van der Waals surface area contributed by atoms with Crippen molar-refractivity contribution in [3.05, 3.63) is 45.2 Å². The Bertz CT molecular complexity index is 851. The van der Waals surface area contributed by atoms with E-state index in [1.807, 2.05) is 6.92 Å². The summed E-state index contributed by atoms with van der Waals surface area (Å²) in [7, 11) is 0. The molecule has 1 aromatic carbocycles. The molecule has 1 atom stereocenters. The van der Waals surface area contributed by atoms with Crippen LogP contribution in [0.3, 0.4) is 0 Å². The van der Waals surface area contributed by atoms with Crippen LogP contribution in [0.1, 0.15) is 40.9 Å². The van der Waals surface area contributed by atoms with E-state index in [9.17, 15) is 14.7 Å². The monoisotopic (exact) mass is 308 g/mol. The van der Waals surface area contributed by atoms with E-state index in [0.29, 0.717) is 22.9 Å². The third-order valence-corrected chi connectivity index (χ3v) is 3.93. The molecule has 0 saturated carbocycles. The first-order valence-electron chi connectivity index (χ1n) is 6.36. The number of carbonyl (C=O) groups is 1. The molecule has 22 heavy (non-hydrogen) atoms. The van der Waals surface area contributed by atoms with Crippen LogP contribution in [0.25, 0.3) is 10.9 Å². The molecule has 0 aliphatic carbocycles. The van der Waals surface area contributed by atoms with E-state index >= 15 is 0 Å². The third-order valence-electron chi connectivity index (χ3n) is 3.93. The summed E-state index contributed by atoms with van der Waals surface area (Å²) >= 11 is 0. The number of aromatic carboxylic acids is 1. The molecule has 1 aliphatic heterocycles. The number of benzene rings is 1. The normalized spacial score (nSPS) is 15.4. The molecule has 0 spiro atoms. The largest absolute Gasteiger partial charge is 1.00 e. The molecule has 0 bridgehead atoms. The predicted molar refractivity (Wildman–Crippen MR) is 73.9 cm³/mol. The molecule has 2 heterocycles. The second-order valence-corrected chi connectivity index (χ2v) is 5.05. The van der Waals surface area contributed by atoms with Gasteiger partial charge in [0.05, 0.1) is 28.7 Å². The van der Waals surface area contributed by atoms with Gasteiger partial charge >= 0.3 is 29.6 Å². The molecule has 0 radical (unpaired) electrons. The van der Waals surface area contributed by atoms with Crippen LogP contribution in [0.2, 0.25) is 0 Å². The van der Waals surface area contributed by atoms with Gasteiger partial charge in [0.25, 0.3) is 0 Å². The number of carboxylic acids is 1. The molecule has 0 saturated heterocycles. The minimum absolute atomic E-state index is 0. The van der Waals surface area contributed by atoms with Crippen molar-refractivity contribution in [2.75, 3.05) is 0 Å². The predicted octanol–water partition coefficient (Wildman–Crippen LogP) is -3.08. The Hall–Kier alpha value is -1.65. The molecular formula is C15H13N2NaO4. The third kappa shape index (κ3) is 2.57. The smallest absolute Gasteiger partial charge is 0.545 e. The number of aryl methyl sites for hydroxylation is 1. The first-order valence-corrected chi connectivity index (χ1v) is 6.36. The number of hydrogen-bond donors (Lipinski definition) is 0. The van der Waals surface area contributed by atoms with E-state index in [1.54, 1.807) is 10.6 Å².